The molecule has 1 N–H and O–H groups in total. The molecule has 1 aromatic carbocycles. The molecule has 152 valence electrons. The normalized spacial score (nSPS) is 18.2. The van der Waals surface area contributed by atoms with E-state index in [2.05, 4.69) is 10.5 Å². The predicted molar refractivity (Wildman–Crippen MR) is 107 cm³/mol. The van der Waals surface area contributed by atoms with Crippen LogP contribution in [0.1, 0.15) is 42.3 Å². The molecule has 0 radical (unpaired) electrons. The Morgan fingerprint density at radius 1 is 1.32 bits per heavy atom. The highest BCUT2D eigenvalue weighted by Gasteiger charge is 2.36. The van der Waals surface area contributed by atoms with Crippen LogP contribution in [0.25, 0.3) is 0 Å². The van der Waals surface area contributed by atoms with Crippen molar-refractivity contribution in [2.24, 2.45) is 5.92 Å². The van der Waals surface area contributed by atoms with E-state index in [0.717, 1.165) is 23.2 Å². The number of rotatable bonds is 5. The highest BCUT2D eigenvalue weighted by Crippen LogP contribution is 2.29. The number of nitrogens with zero attached hydrogens (tertiary/aromatic N) is 2. The first-order valence-corrected chi connectivity index (χ1v) is 11.0. The number of carbonyl (C=O) groups is 1. The lowest BCUT2D eigenvalue weighted by molar-refractivity contribution is -0.120. The van der Waals surface area contributed by atoms with Crippen LogP contribution in [0.4, 0.5) is 5.69 Å². The van der Waals surface area contributed by atoms with Gasteiger partial charge < -0.3 is 9.84 Å². The lowest BCUT2D eigenvalue weighted by atomic mass is 9.98. The molecule has 1 aromatic heterocycles. The van der Waals surface area contributed by atoms with Gasteiger partial charge in [0.15, 0.2) is 5.76 Å². The van der Waals surface area contributed by atoms with Crippen LogP contribution < -0.4 is 5.32 Å². The highest BCUT2D eigenvalue weighted by molar-refractivity contribution is 7.89. The van der Waals surface area contributed by atoms with Crippen LogP contribution in [0.2, 0.25) is 0 Å². The highest BCUT2D eigenvalue weighted by atomic mass is 32.2. The Kier molecular flexibility index (Phi) is 5.90. The first-order valence-electron chi connectivity index (χ1n) is 9.58. The van der Waals surface area contributed by atoms with Crippen molar-refractivity contribution in [2.75, 3.05) is 18.4 Å². The van der Waals surface area contributed by atoms with Crippen molar-refractivity contribution in [1.82, 2.24) is 9.46 Å². The van der Waals surface area contributed by atoms with Crippen LogP contribution in [0.15, 0.2) is 27.6 Å². The monoisotopic (exact) mass is 405 g/mol. The van der Waals surface area contributed by atoms with Gasteiger partial charge in [-0.15, -0.1) is 0 Å². The molecule has 7 nitrogen and oxygen atoms in total. The third-order valence-corrected chi connectivity index (χ3v) is 7.42. The van der Waals surface area contributed by atoms with Crippen LogP contribution in [0, 0.1) is 26.7 Å². The third kappa shape index (κ3) is 3.84. The van der Waals surface area contributed by atoms with Gasteiger partial charge in [0.2, 0.25) is 15.9 Å². The minimum Gasteiger partial charge on any atom is -0.360 e. The Morgan fingerprint density at radius 3 is 2.71 bits per heavy atom. The van der Waals surface area contributed by atoms with E-state index in [-0.39, 0.29) is 23.1 Å². The number of sulfonamides is 1. The summed E-state index contributed by atoms with van der Waals surface area (Å²) in [4.78, 5) is 13.0. The fourth-order valence-electron chi connectivity index (χ4n) is 3.77. The van der Waals surface area contributed by atoms with Crippen LogP contribution >= 0.6 is 0 Å². The van der Waals surface area contributed by atoms with E-state index in [4.69, 9.17) is 4.52 Å². The molecule has 1 fully saturated rings. The zero-order chi connectivity index (χ0) is 20.5. The summed E-state index contributed by atoms with van der Waals surface area (Å²) in [6.45, 7) is 7.76. The molecule has 1 aliphatic heterocycles. The van der Waals surface area contributed by atoms with E-state index in [9.17, 15) is 13.2 Å². The fourth-order valence-corrected chi connectivity index (χ4v) is 5.59. The molecule has 1 saturated heterocycles. The zero-order valence-electron chi connectivity index (χ0n) is 16.8. The van der Waals surface area contributed by atoms with Crippen molar-refractivity contribution in [3.05, 3.63) is 40.8 Å². The average molecular weight is 406 g/mol. The maximum atomic E-state index is 13.1. The van der Waals surface area contributed by atoms with Crippen LogP contribution in [-0.4, -0.2) is 36.9 Å². The van der Waals surface area contributed by atoms with Crippen molar-refractivity contribution in [1.29, 1.82) is 0 Å². The predicted octanol–water partition coefficient (Wildman–Crippen LogP) is 3.20. The number of aromatic nitrogens is 1. The molecule has 0 bridgehead atoms. The summed E-state index contributed by atoms with van der Waals surface area (Å²) in [5, 5.41) is 6.79. The number of amides is 1. The third-order valence-electron chi connectivity index (χ3n) is 5.31. The average Bonchev–Trinajstić information content (AvgIpc) is 3.02. The van der Waals surface area contributed by atoms with Gasteiger partial charge in [-0.05, 0) is 51.2 Å². The van der Waals surface area contributed by atoms with Gasteiger partial charge in [0.25, 0.3) is 0 Å². The number of carbonyl (C=O) groups excluding carboxylic acids is 1. The summed E-state index contributed by atoms with van der Waals surface area (Å²) < 4.78 is 32.5. The van der Waals surface area contributed by atoms with Gasteiger partial charge in [-0.2, -0.15) is 4.31 Å². The first-order chi connectivity index (χ1) is 13.3. The van der Waals surface area contributed by atoms with E-state index in [1.54, 1.807) is 13.8 Å². The molecule has 2 heterocycles. The van der Waals surface area contributed by atoms with Gasteiger partial charge in [0.1, 0.15) is 10.6 Å². The van der Waals surface area contributed by atoms with Crippen molar-refractivity contribution < 1.29 is 17.7 Å². The Labute approximate surface area is 166 Å². The number of nitrogens with one attached hydrogen (secondary N) is 1. The fraction of sp³-hybridized carbons (Fsp3) is 0.500. The van der Waals surface area contributed by atoms with Gasteiger partial charge in [0.05, 0.1) is 5.92 Å². The molecule has 1 amide bonds. The maximum Gasteiger partial charge on any atom is 0.248 e. The number of piperidine rings is 1. The molecule has 1 atom stereocenters. The number of para-hydroxylation sites is 1. The van der Waals surface area contributed by atoms with E-state index >= 15 is 0 Å². The molecule has 0 aliphatic carbocycles. The molecule has 1 unspecified atom stereocenters. The SMILES string of the molecule is CCc1cccc(C)c1NC(=O)C1CCCN(S(=O)(=O)c2c(C)noc2C)C1. The van der Waals surface area contributed by atoms with Gasteiger partial charge in [-0.1, -0.05) is 30.3 Å². The Bertz CT molecular complexity index is 962. The summed E-state index contributed by atoms with van der Waals surface area (Å²) in [6, 6.07) is 5.93. The quantitative estimate of drug-likeness (QED) is 0.825. The van der Waals surface area contributed by atoms with E-state index < -0.39 is 15.9 Å². The largest absolute Gasteiger partial charge is 0.360 e. The second kappa shape index (κ2) is 8.05. The lowest BCUT2D eigenvalue weighted by Gasteiger charge is -2.31. The Hall–Kier alpha value is -2.19. The molecule has 1 aliphatic rings. The Morgan fingerprint density at radius 2 is 2.07 bits per heavy atom. The summed E-state index contributed by atoms with van der Waals surface area (Å²) >= 11 is 0. The van der Waals surface area contributed by atoms with Crippen molar-refractivity contribution >= 4 is 21.6 Å². The van der Waals surface area contributed by atoms with Crippen molar-refractivity contribution in [3.63, 3.8) is 0 Å². The number of aryl methyl sites for hydroxylation is 4. The molecule has 0 saturated carbocycles. The topological polar surface area (TPSA) is 92.5 Å². The molecule has 2 aromatic rings. The number of hydrogen-bond acceptors (Lipinski definition) is 5. The van der Waals surface area contributed by atoms with E-state index in [0.29, 0.717) is 25.1 Å². The molecule has 28 heavy (non-hydrogen) atoms. The lowest BCUT2D eigenvalue weighted by Crippen LogP contribution is -2.44. The van der Waals surface area contributed by atoms with E-state index in [1.165, 1.54) is 4.31 Å². The van der Waals surface area contributed by atoms with Gasteiger partial charge in [-0.3, -0.25) is 4.79 Å². The Balaban J connectivity index is 1.79. The minimum absolute atomic E-state index is 0.112. The minimum atomic E-state index is -3.74. The second-order valence-electron chi connectivity index (χ2n) is 7.31. The smallest absolute Gasteiger partial charge is 0.248 e. The summed E-state index contributed by atoms with van der Waals surface area (Å²) in [5.41, 5.74) is 3.25. The number of hydrogen-bond donors (Lipinski definition) is 1. The van der Waals surface area contributed by atoms with Gasteiger partial charge in [-0.25, -0.2) is 8.42 Å². The first kappa shape index (κ1) is 20.5. The summed E-state index contributed by atoms with van der Waals surface area (Å²) in [5.74, 6) is -0.257. The molecule has 3 rings (SSSR count). The second-order valence-corrected chi connectivity index (χ2v) is 9.18. The van der Waals surface area contributed by atoms with Crippen LogP contribution in [-0.2, 0) is 21.2 Å². The van der Waals surface area contributed by atoms with Crippen molar-refractivity contribution in [2.45, 2.75) is 51.9 Å². The molecule has 0 spiro atoms. The summed E-state index contributed by atoms with van der Waals surface area (Å²) in [7, 11) is -3.74. The van der Waals surface area contributed by atoms with E-state index in [1.807, 2.05) is 32.0 Å². The molecular weight excluding hydrogens is 378 g/mol. The maximum absolute atomic E-state index is 13.1. The molecular formula is C20H27N3O4S. The van der Waals surface area contributed by atoms with Crippen LogP contribution in [0.5, 0.6) is 0 Å². The van der Waals surface area contributed by atoms with Gasteiger partial charge in [0, 0.05) is 18.8 Å². The summed E-state index contributed by atoms with van der Waals surface area (Å²) in [6.07, 6.45) is 2.11. The zero-order valence-corrected chi connectivity index (χ0v) is 17.6. The van der Waals surface area contributed by atoms with Gasteiger partial charge >= 0.3 is 0 Å². The molecule has 8 heteroatoms. The number of benzene rings is 1. The number of anilines is 1. The van der Waals surface area contributed by atoms with Crippen LogP contribution in [0.3, 0.4) is 0 Å². The standard InChI is InChI=1S/C20H27N3O4S/c1-5-16-9-6-8-13(2)18(16)21-20(24)17-10-7-11-23(12-17)28(25,26)19-14(3)22-27-15(19)4/h6,8-9,17H,5,7,10-12H2,1-4H3,(H,21,24). The van der Waals surface area contributed by atoms with Crippen molar-refractivity contribution in [3.8, 4) is 0 Å².